The van der Waals surface area contributed by atoms with Gasteiger partial charge in [-0.25, -0.2) is 9.59 Å². The quantitative estimate of drug-likeness (QED) is 0.365. The van der Waals surface area contributed by atoms with Crippen molar-refractivity contribution in [2.75, 3.05) is 0 Å². The first-order valence-corrected chi connectivity index (χ1v) is 9.45. The summed E-state index contributed by atoms with van der Waals surface area (Å²) >= 11 is 0. The van der Waals surface area contributed by atoms with Crippen LogP contribution in [0.3, 0.4) is 0 Å². The van der Waals surface area contributed by atoms with Crippen LogP contribution < -0.4 is 5.32 Å². The number of esters is 2. The molecule has 0 saturated carbocycles. The highest BCUT2D eigenvalue weighted by Gasteiger charge is 2.27. The van der Waals surface area contributed by atoms with Gasteiger partial charge < -0.3 is 19.5 Å². The molecule has 7 heteroatoms. The summed E-state index contributed by atoms with van der Waals surface area (Å²) in [6.45, 7) is 4.95. The highest BCUT2D eigenvalue weighted by molar-refractivity contribution is 5.81. The summed E-state index contributed by atoms with van der Waals surface area (Å²) in [6.07, 6.45) is -0.204. The minimum atomic E-state index is -1.08. The van der Waals surface area contributed by atoms with E-state index in [9.17, 15) is 14.4 Å². The zero-order valence-electron chi connectivity index (χ0n) is 16.8. The summed E-state index contributed by atoms with van der Waals surface area (Å²) in [5.74, 6) is -1.20. The molecule has 30 heavy (non-hydrogen) atoms. The van der Waals surface area contributed by atoms with E-state index in [1.54, 1.807) is 0 Å². The van der Waals surface area contributed by atoms with E-state index in [4.69, 9.17) is 14.2 Å². The molecular weight excluding hydrogens is 386 g/mol. The first kappa shape index (κ1) is 22.7. The van der Waals surface area contributed by atoms with Gasteiger partial charge in [-0.05, 0) is 11.1 Å². The third-order valence-electron chi connectivity index (χ3n) is 4.06. The Bertz CT molecular complexity index is 837. The van der Waals surface area contributed by atoms with Crippen LogP contribution in [-0.4, -0.2) is 30.2 Å². The maximum absolute atomic E-state index is 12.6. The molecule has 158 valence electrons. The number of ether oxygens (including phenoxy) is 3. The van der Waals surface area contributed by atoms with Gasteiger partial charge in [0.25, 0.3) is 0 Å². The van der Waals surface area contributed by atoms with Crippen molar-refractivity contribution in [1.29, 1.82) is 0 Å². The molecule has 1 unspecified atom stereocenters. The summed E-state index contributed by atoms with van der Waals surface area (Å²) in [7, 11) is 0. The lowest BCUT2D eigenvalue weighted by Gasteiger charge is -2.21. The van der Waals surface area contributed by atoms with Crippen molar-refractivity contribution in [2.45, 2.75) is 38.7 Å². The zero-order valence-corrected chi connectivity index (χ0v) is 16.8. The van der Waals surface area contributed by atoms with Gasteiger partial charge in [-0.2, -0.15) is 0 Å². The molecule has 0 aliphatic heterocycles. The molecule has 0 bridgehead atoms. The second-order valence-corrected chi connectivity index (χ2v) is 6.47. The largest absolute Gasteiger partial charge is 0.459 e. The van der Waals surface area contributed by atoms with Crippen molar-refractivity contribution in [2.24, 2.45) is 0 Å². The zero-order chi connectivity index (χ0) is 21.8. The summed E-state index contributed by atoms with van der Waals surface area (Å²) in [5.41, 5.74) is 1.61. The highest BCUT2D eigenvalue weighted by atomic mass is 16.6. The molecule has 0 aliphatic rings. The topological polar surface area (TPSA) is 90.9 Å². The second kappa shape index (κ2) is 12.1. The molecule has 2 aromatic carbocycles. The smallest absolute Gasteiger partial charge is 0.408 e. The van der Waals surface area contributed by atoms with Gasteiger partial charge in [-0.15, -0.1) is 0 Å². The Morgan fingerprint density at radius 2 is 1.47 bits per heavy atom. The molecule has 2 atom stereocenters. The summed E-state index contributed by atoms with van der Waals surface area (Å²) in [4.78, 5) is 36.1. The Balaban J connectivity index is 1.99. The SMILES string of the molecule is C=CC(C[C@H](NC(=O)OCc1ccccc1)C(=O)OCc1ccccc1)OC(C)=O. The molecule has 0 aliphatic carbocycles. The maximum atomic E-state index is 12.6. The fourth-order valence-electron chi connectivity index (χ4n) is 2.59. The van der Waals surface area contributed by atoms with Gasteiger partial charge in [-0.1, -0.05) is 73.3 Å². The average Bonchev–Trinajstić information content (AvgIpc) is 2.76. The van der Waals surface area contributed by atoms with Gasteiger partial charge in [0.2, 0.25) is 0 Å². The van der Waals surface area contributed by atoms with Crippen molar-refractivity contribution < 1.29 is 28.6 Å². The maximum Gasteiger partial charge on any atom is 0.408 e. The Morgan fingerprint density at radius 3 is 1.97 bits per heavy atom. The van der Waals surface area contributed by atoms with Crippen LogP contribution in [0, 0.1) is 0 Å². The second-order valence-electron chi connectivity index (χ2n) is 6.47. The number of amides is 1. The lowest BCUT2D eigenvalue weighted by atomic mass is 10.1. The van der Waals surface area contributed by atoms with Crippen LogP contribution in [0.4, 0.5) is 4.79 Å². The summed E-state index contributed by atoms with van der Waals surface area (Å²) in [6, 6.07) is 17.2. The molecule has 1 amide bonds. The van der Waals surface area contributed by atoms with Gasteiger partial charge in [0.1, 0.15) is 25.4 Å². The standard InChI is InChI=1S/C23H25NO6/c1-3-20(30-17(2)25)14-21(22(26)28-15-18-10-6-4-7-11-18)24-23(27)29-16-19-12-8-5-9-13-19/h3-13,20-21H,1,14-16H2,2H3,(H,24,27)/t20?,21-/m0/s1. The summed E-state index contributed by atoms with van der Waals surface area (Å²) < 4.78 is 15.6. The molecule has 1 N–H and O–H groups in total. The Morgan fingerprint density at radius 1 is 0.933 bits per heavy atom. The molecule has 0 radical (unpaired) electrons. The molecule has 2 aromatic rings. The van der Waals surface area contributed by atoms with Gasteiger partial charge in [0.05, 0.1) is 0 Å². The molecule has 0 spiro atoms. The average molecular weight is 411 g/mol. The molecule has 0 aromatic heterocycles. The Kier molecular flexibility index (Phi) is 9.12. The molecule has 0 heterocycles. The van der Waals surface area contributed by atoms with Crippen LogP contribution in [0.1, 0.15) is 24.5 Å². The number of hydrogen-bond acceptors (Lipinski definition) is 6. The van der Waals surface area contributed by atoms with E-state index in [1.807, 2.05) is 60.7 Å². The van der Waals surface area contributed by atoms with E-state index in [0.29, 0.717) is 0 Å². The number of hydrogen-bond donors (Lipinski definition) is 1. The van der Waals surface area contributed by atoms with Crippen molar-refractivity contribution in [3.05, 3.63) is 84.4 Å². The number of nitrogens with one attached hydrogen (secondary N) is 1. The van der Waals surface area contributed by atoms with Crippen molar-refractivity contribution in [3.8, 4) is 0 Å². The number of carbonyl (C=O) groups excluding carboxylic acids is 3. The molecule has 0 fully saturated rings. The van der Waals surface area contributed by atoms with Crippen LogP contribution in [-0.2, 0) is 37.0 Å². The third kappa shape index (κ3) is 8.18. The normalized spacial score (nSPS) is 12.2. The van der Waals surface area contributed by atoms with E-state index in [2.05, 4.69) is 11.9 Å². The van der Waals surface area contributed by atoms with Crippen molar-refractivity contribution in [1.82, 2.24) is 5.32 Å². The van der Waals surface area contributed by atoms with Crippen molar-refractivity contribution in [3.63, 3.8) is 0 Å². The third-order valence-corrected chi connectivity index (χ3v) is 4.06. The van der Waals surface area contributed by atoms with Crippen LogP contribution >= 0.6 is 0 Å². The van der Waals surface area contributed by atoms with E-state index >= 15 is 0 Å². The number of benzene rings is 2. The van der Waals surface area contributed by atoms with Crippen LogP contribution in [0.5, 0.6) is 0 Å². The molecule has 2 rings (SSSR count). The van der Waals surface area contributed by atoms with E-state index in [-0.39, 0.29) is 19.6 Å². The fraction of sp³-hybridized carbons (Fsp3) is 0.261. The Labute approximate surface area is 175 Å². The van der Waals surface area contributed by atoms with Crippen LogP contribution in [0.15, 0.2) is 73.3 Å². The summed E-state index contributed by atoms with van der Waals surface area (Å²) in [5, 5.41) is 2.49. The van der Waals surface area contributed by atoms with Gasteiger partial charge in [0, 0.05) is 13.3 Å². The molecule has 7 nitrogen and oxygen atoms in total. The molecular formula is C23H25NO6. The predicted molar refractivity (Wildman–Crippen MR) is 110 cm³/mol. The fourth-order valence-corrected chi connectivity index (χ4v) is 2.59. The predicted octanol–water partition coefficient (Wildman–Crippen LogP) is 3.53. The minimum Gasteiger partial charge on any atom is -0.459 e. The van der Waals surface area contributed by atoms with Gasteiger partial charge in [-0.3, -0.25) is 4.79 Å². The van der Waals surface area contributed by atoms with E-state index in [1.165, 1.54) is 13.0 Å². The lowest BCUT2D eigenvalue weighted by molar-refractivity contribution is -0.151. The van der Waals surface area contributed by atoms with E-state index < -0.39 is 30.2 Å². The number of rotatable bonds is 10. The molecule has 0 saturated heterocycles. The first-order chi connectivity index (χ1) is 14.5. The van der Waals surface area contributed by atoms with Crippen LogP contribution in [0.2, 0.25) is 0 Å². The van der Waals surface area contributed by atoms with Gasteiger partial charge >= 0.3 is 18.0 Å². The van der Waals surface area contributed by atoms with Crippen LogP contribution in [0.25, 0.3) is 0 Å². The lowest BCUT2D eigenvalue weighted by Crippen LogP contribution is -2.44. The number of carbonyl (C=O) groups is 3. The van der Waals surface area contributed by atoms with E-state index in [0.717, 1.165) is 11.1 Å². The highest BCUT2D eigenvalue weighted by Crippen LogP contribution is 2.10. The minimum absolute atomic E-state index is 0.0306. The van der Waals surface area contributed by atoms with Gasteiger partial charge in [0.15, 0.2) is 0 Å². The monoisotopic (exact) mass is 411 g/mol. The first-order valence-electron chi connectivity index (χ1n) is 9.45. The Hall–Kier alpha value is -3.61. The van der Waals surface area contributed by atoms with Crippen molar-refractivity contribution >= 4 is 18.0 Å². The number of alkyl carbamates (subject to hydrolysis) is 1.